The smallest absolute Gasteiger partial charge is 0.276 e. The third-order valence-electron chi connectivity index (χ3n) is 2.33. The van der Waals surface area contributed by atoms with E-state index >= 15 is 0 Å². The van der Waals surface area contributed by atoms with Crippen molar-refractivity contribution in [3.05, 3.63) is 52.6 Å². The van der Waals surface area contributed by atoms with Crippen LogP contribution in [0.1, 0.15) is 16.1 Å². The van der Waals surface area contributed by atoms with E-state index in [-0.39, 0.29) is 22.1 Å². The van der Waals surface area contributed by atoms with E-state index in [0.29, 0.717) is 0 Å². The van der Waals surface area contributed by atoms with Crippen LogP contribution >= 0.6 is 11.6 Å². The summed E-state index contributed by atoms with van der Waals surface area (Å²) in [6.07, 6.45) is 2.42. The third kappa shape index (κ3) is 3.03. The van der Waals surface area contributed by atoms with Crippen molar-refractivity contribution in [3.63, 3.8) is 0 Å². The Labute approximate surface area is 112 Å². The van der Waals surface area contributed by atoms with Crippen molar-refractivity contribution < 1.29 is 13.6 Å². The summed E-state index contributed by atoms with van der Waals surface area (Å²) in [5, 5.41) is 2.24. The molecular weight excluding hydrogens is 276 g/mol. The summed E-state index contributed by atoms with van der Waals surface area (Å²) < 4.78 is 26.9. The maximum Gasteiger partial charge on any atom is 0.276 e. The van der Waals surface area contributed by atoms with Gasteiger partial charge in [-0.3, -0.25) is 9.78 Å². The Kier molecular flexibility index (Phi) is 3.71. The van der Waals surface area contributed by atoms with Gasteiger partial charge in [0.1, 0.15) is 22.5 Å². The molecule has 1 aromatic heterocycles. The predicted molar refractivity (Wildman–Crippen MR) is 66.1 cm³/mol. The van der Waals surface area contributed by atoms with Gasteiger partial charge in [-0.1, -0.05) is 11.6 Å². The first kappa shape index (κ1) is 13.4. The van der Waals surface area contributed by atoms with Gasteiger partial charge in [0, 0.05) is 6.07 Å². The molecular formula is C12H8ClF2N3O. The quantitative estimate of drug-likeness (QED) is 0.922. The summed E-state index contributed by atoms with van der Waals surface area (Å²) in [6.45, 7) is 1.42. The van der Waals surface area contributed by atoms with Crippen LogP contribution < -0.4 is 5.32 Å². The number of aromatic nitrogens is 2. The van der Waals surface area contributed by atoms with Gasteiger partial charge >= 0.3 is 0 Å². The number of carbonyl (C=O) groups excluding carboxylic acids is 1. The van der Waals surface area contributed by atoms with Crippen molar-refractivity contribution in [2.45, 2.75) is 6.92 Å². The molecule has 0 atom stereocenters. The van der Waals surface area contributed by atoms with Gasteiger partial charge in [-0.05, 0) is 18.6 Å². The van der Waals surface area contributed by atoms with Gasteiger partial charge in [-0.15, -0.1) is 0 Å². The van der Waals surface area contributed by atoms with Crippen molar-refractivity contribution in [2.24, 2.45) is 0 Å². The second-order valence-corrected chi connectivity index (χ2v) is 4.15. The van der Waals surface area contributed by atoms with Gasteiger partial charge in [0.15, 0.2) is 0 Å². The Hall–Kier alpha value is -2.08. The number of hydrogen-bond donors (Lipinski definition) is 1. The number of hydrogen-bond acceptors (Lipinski definition) is 3. The Morgan fingerprint density at radius 1 is 1.26 bits per heavy atom. The van der Waals surface area contributed by atoms with Gasteiger partial charge in [-0.2, -0.15) is 0 Å². The van der Waals surface area contributed by atoms with E-state index in [4.69, 9.17) is 11.6 Å². The Morgan fingerprint density at radius 3 is 2.68 bits per heavy atom. The molecule has 0 aliphatic rings. The second kappa shape index (κ2) is 5.27. The molecule has 2 rings (SSSR count). The molecule has 19 heavy (non-hydrogen) atoms. The molecule has 0 radical (unpaired) electrons. The fourth-order valence-corrected chi connectivity index (χ4v) is 1.53. The minimum absolute atomic E-state index is 0.0307. The zero-order chi connectivity index (χ0) is 14.0. The number of amides is 1. The lowest BCUT2D eigenvalue weighted by Gasteiger charge is -2.07. The van der Waals surface area contributed by atoms with Crippen molar-refractivity contribution in [1.82, 2.24) is 9.97 Å². The summed E-state index contributed by atoms with van der Waals surface area (Å²) in [7, 11) is 0. The zero-order valence-electron chi connectivity index (χ0n) is 9.75. The standard InChI is InChI=1S/C12H8ClF2N3O/c1-6-2-8(15)9(3-7(6)14)18-12(19)10-4-16-5-11(13)17-10/h2-5H,1H3,(H,18,19). The topological polar surface area (TPSA) is 54.9 Å². The van der Waals surface area contributed by atoms with E-state index in [2.05, 4.69) is 15.3 Å². The van der Waals surface area contributed by atoms with Crippen molar-refractivity contribution in [3.8, 4) is 0 Å². The number of halogens is 3. The van der Waals surface area contributed by atoms with Crippen LogP contribution in [-0.4, -0.2) is 15.9 Å². The molecule has 0 aliphatic heterocycles. The summed E-state index contributed by atoms with van der Waals surface area (Å²) in [5.74, 6) is -2.08. The number of rotatable bonds is 2. The third-order valence-corrected chi connectivity index (χ3v) is 2.52. The van der Waals surface area contributed by atoms with Crippen LogP contribution in [0.2, 0.25) is 5.15 Å². The minimum Gasteiger partial charge on any atom is -0.318 e. The zero-order valence-corrected chi connectivity index (χ0v) is 10.5. The normalized spacial score (nSPS) is 10.3. The van der Waals surface area contributed by atoms with Gasteiger partial charge in [0.05, 0.1) is 18.1 Å². The lowest BCUT2D eigenvalue weighted by Crippen LogP contribution is -2.15. The summed E-state index contributed by atoms with van der Waals surface area (Å²) in [4.78, 5) is 19.1. The van der Waals surface area contributed by atoms with E-state index in [0.717, 1.165) is 12.1 Å². The highest BCUT2D eigenvalue weighted by Gasteiger charge is 2.13. The number of carbonyl (C=O) groups is 1. The van der Waals surface area contributed by atoms with E-state index < -0.39 is 17.5 Å². The molecule has 0 saturated carbocycles. The van der Waals surface area contributed by atoms with E-state index in [1.54, 1.807) is 0 Å². The first-order chi connectivity index (χ1) is 8.97. The monoisotopic (exact) mass is 283 g/mol. The first-order valence-electron chi connectivity index (χ1n) is 5.22. The van der Waals surface area contributed by atoms with Crippen LogP contribution in [-0.2, 0) is 0 Å². The summed E-state index contributed by atoms with van der Waals surface area (Å²) in [6, 6.07) is 1.90. The highest BCUT2D eigenvalue weighted by molar-refractivity contribution is 6.29. The average Bonchev–Trinajstić information content (AvgIpc) is 2.36. The van der Waals surface area contributed by atoms with Crippen LogP contribution in [0.15, 0.2) is 24.5 Å². The lowest BCUT2D eigenvalue weighted by atomic mass is 10.2. The van der Waals surface area contributed by atoms with Crippen molar-refractivity contribution in [2.75, 3.05) is 5.32 Å². The number of benzene rings is 1. The fourth-order valence-electron chi connectivity index (χ4n) is 1.38. The van der Waals surface area contributed by atoms with Crippen LogP contribution in [0, 0.1) is 18.6 Å². The number of nitrogens with one attached hydrogen (secondary N) is 1. The molecule has 0 aliphatic carbocycles. The maximum atomic E-state index is 13.5. The molecule has 1 N–H and O–H groups in total. The lowest BCUT2D eigenvalue weighted by molar-refractivity contribution is 0.102. The molecule has 0 saturated heterocycles. The molecule has 1 aromatic carbocycles. The average molecular weight is 284 g/mol. The molecule has 98 valence electrons. The largest absolute Gasteiger partial charge is 0.318 e. The molecule has 2 aromatic rings. The minimum atomic E-state index is -0.734. The highest BCUT2D eigenvalue weighted by Crippen LogP contribution is 2.19. The molecule has 0 spiro atoms. The number of anilines is 1. The predicted octanol–water partition coefficient (Wildman–Crippen LogP) is 2.97. The maximum absolute atomic E-state index is 13.5. The van der Waals surface area contributed by atoms with Gasteiger partial charge in [0.2, 0.25) is 0 Å². The SMILES string of the molecule is Cc1cc(F)c(NC(=O)c2cncc(Cl)n2)cc1F. The second-order valence-electron chi connectivity index (χ2n) is 3.76. The molecule has 0 unspecified atom stereocenters. The molecule has 7 heteroatoms. The molecule has 4 nitrogen and oxygen atoms in total. The Morgan fingerprint density at radius 2 is 2.00 bits per heavy atom. The van der Waals surface area contributed by atoms with Crippen molar-refractivity contribution >= 4 is 23.2 Å². The summed E-state index contributed by atoms with van der Waals surface area (Å²) in [5.41, 5.74) is -0.208. The number of nitrogens with zero attached hydrogens (tertiary/aromatic N) is 2. The van der Waals surface area contributed by atoms with E-state index in [9.17, 15) is 13.6 Å². The van der Waals surface area contributed by atoms with Crippen LogP contribution in [0.4, 0.5) is 14.5 Å². The first-order valence-corrected chi connectivity index (χ1v) is 5.59. The van der Waals surface area contributed by atoms with Gasteiger partial charge < -0.3 is 5.32 Å². The molecule has 1 amide bonds. The van der Waals surface area contributed by atoms with Crippen LogP contribution in [0.3, 0.4) is 0 Å². The highest BCUT2D eigenvalue weighted by atomic mass is 35.5. The Balaban J connectivity index is 2.27. The van der Waals surface area contributed by atoms with Crippen LogP contribution in [0.25, 0.3) is 0 Å². The Bertz CT molecular complexity index is 649. The van der Waals surface area contributed by atoms with Gasteiger partial charge in [-0.25, -0.2) is 13.8 Å². The van der Waals surface area contributed by atoms with Crippen LogP contribution in [0.5, 0.6) is 0 Å². The van der Waals surface area contributed by atoms with Gasteiger partial charge in [0.25, 0.3) is 5.91 Å². The molecule has 0 fully saturated rings. The number of aryl methyl sites for hydroxylation is 1. The summed E-state index contributed by atoms with van der Waals surface area (Å²) >= 11 is 5.58. The van der Waals surface area contributed by atoms with Crippen molar-refractivity contribution in [1.29, 1.82) is 0 Å². The molecule has 0 bridgehead atoms. The molecule has 1 heterocycles. The van der Waals surface area contributed by atoms with E-state index in [1.807, 2.05) is 0 Å². The fraction of sp³-hybridized carbons (Fsp3) is 0.0833. The van der Waals surface area contributed by atoms with E-state index in [1.165, 1.54) is 19.3 Å².